The Morgan fingerprint density at radius 3 is 2.19 bits per heavy atom. The molecule has 0 aliphatic rings. The van der Waals surface area contributed by atoms with Gasteiger partial charge in [-0.15, -0.1) is 12.4 Å². The summed E-state index contributed by atoms with van der Waals surface area (Å²) in [5.41, 5.74) is 7.58. The van der Waals surface area contributed by atoms with Gasteiger partial charge in [0.1, 0.15) is 6.04 Å². The van der Waals surface area contributed by atoms with Crippen LogP contribution in [-0.4, -0.2) is 30.1 Å². The Kier molecular flexibility index (Phi) is 10.3. The van der Waals surface area contributed by atoms with Gasteiger partial charge in [-0.25, -0.2) is 4.79 Å². The van der Waals surface area contributed by atoms with E-state index in [0.717, 1.165) is 5.56 Å². The van der Waals surface area contributed by atoms with Gasteiger partial charge in [0.05, 0.1) is 0 Å². The maximum Gasteiger partial charge on any atom is 0.315 e. The Bertz CT molecular complexity index is 568. The van der Waals surface area contributed by atoms with E-state index >= 15 is 0 Å². The van der Waals surface area contributed by atoms with Crippen molar-refractivity contribution in [2.75, 3.05) is 6.54 Å². The maximum atomic E-state index is 12.4. The van der Waals surface area contributed by atoms with Crippen molar-refractivity contribution < 1.29 is 9.59 Å². The van der Waals surface area contributed by atoms with E-state index in [9.17, 15) is 9.59 Å². The highest BCUT2D eigenvalue weighted by molar-refractivity contribution is 5.87. The molecular formula is C19H33ClN4O2. The first-order valence-corrected chi connectivity index (χ1v) is 8.73. The second kappa shape index (κ2) is 11.0. The van der Waals surface area contributed by atoms with Crippen LogP contribution in [0.5, 0.6) is 0 Å². The minimum atomic E-state index is -0.583. The number of hydrogen-bond donors (Lipinski definition) is 4. The Morgan fingerprint density at radius 1 is 1.12 bits per heavy atom. The van der Waals surface area contributed by atoms with Gasteiger partial charge in [0.2, 0.25) is 5.91 Å². The van der Waals surface area contributed by atoms with E-state index in [1.54, 1.807) is 0 Å². The van der Waals surface area contributed by atoms with Crippen LogP contribution in [0.1, 0.15) is 45.2 Å². The highest BCUT2D eigenvalue weighted by atomic mass is 35.5. The van der Waals surface area contributed by atoms with Crippen molar-refractivity contribution >= 4 is 24.3 Å². The minimum absolute atomic E-state index is 0. The summed E-state index contributed by atoms with van der Waals surface area (Å²) in [6.07, 6.45) is 0.564. The third-order valence-electron chi connectivity index (χ3n) is 3.62. The largest absolute Gasteiger partial charge is 0.352 e. The molecule has 0 radical (unpaired) electrons. The average Bonchev–Trinajstić information content (AvgIpc) is 2.50. The number of halogens is 1. The van der Waals surface area contributed by atoms with E-state index in [2.05, 4.69) is 16.0 Å². The third kappa shape index (κ3) is 10.3. The SMILES string of the molecule is Cc1ccc(CNC(=O)NC(CC(C)C)C(=O)NCC(C)(C)N)cc1.Cl. The summed E-state index contributed by atoms with van der Waals surface area (Å²) in [6, 6.07) is 7.00. The summed E-state index contributed by atoms with van der Waals surface area (Å²) in [6.45, 7) is 10.5. The molecular weight excluding hydrogens is 352 g/mol. The zero-order chi connectivity index (χ0) is 19.0. The maximum absolute atomic E-state index is 12.4. The minimum Gasteiger partial charge on any atom is -0.352 e. The summed E-state index contributed by atoms with van der Waals surface area (Å²) in [4.78, 5) is 24.5. The van der Waals surface area contributed by atoms with Gasteiger partial charge in [-0.3, -0.25) is 4.79 Å². The lowest BCUT2D eigenvalue weighted by Gasteiger charge is -2.24. The molecule has 3 amide bonds. The molecule has 0 aliphatic carbocycles. The molecule has 0 saturated carbocycles. The number of rotatable bonds is 8. The van der Waals surface area contributed by atoms with Gasteiger partial charge in [-0.1, -0.05) is 43.7 Å². The van der Waals surface area contributed by atoms with Crippen molar-refractivity contribution in [3.8, 4) is 0 Å². The van der Waals surface area contributed by atoms with Gasteiger partial charge in [0.25, 0.3) is 0 Å². The lowest BCUT2D eigenvalue weighted by molar-refractivity contribution is -0.123. The predicted octanol–water partition coefficient (Wildman–Crippen LogP) is 2.48. The summed E-state index contributed by atoms with van der Waals surface area (Å²) in [5, 5.41) is 8.36. The number of hydrogen-bond acceptors (Lipinski definition) is 3. The van der Waals surface area contributed by atoms with E-state index in [-0.39, 0.29) is 30.3 Å². The summed E-state index contributed by atoms with van der Waals surface area (Å²) in [5.74, 6) is 0.0664. The van der Waals surface area contributed by atoms with Crippen molar-refractivity contribution in [2.24, 2.45) is 11.7 Å². The fourth-order valence-corrected chi connectivity index (χ4v) is 2.24. The highest BCUT2D eigenvalue weighted by Crippen LogP contribution is 2.06. The molecule has 0 aliphatic heterocycles. The Hall–Kier alpha value is -1.79. The lowest BCUT2D eigenvalue weighted by atomic mass is 10.0. The van der Waals surface area contributed by atoms with Crippen LogP contribution < -0.4 is 21.7 Å². The molecule has 0 fully saturated rings. The summed E-state index contributed by atoms with van der Waals surface area (Å²) >= 11 is 0. The first-order chi connectivity index (χ1) is 11.6. The van der Waals surface area contributed by atoms with Gasteiger partial charge in [-0.2, -0.15) is 0 Å². The molecule has 1 unspecified atom stereocenters. The van der Waals surface area contributed by atoms with Crippen molar-refractivity contribution in [3.63, 3.8) is 0 Å². The van der Waals surface area contributed by atoms with E-state index < -0.39 is 11.6 Å². The molecule has 7 heteroatoms. The Balaban J connectivity index is 0.00000625. The molecule has 26 heavy (non-hydrogen) atoms. The number of benzene rings is 1. The van der Waals surface area contributed by atoms with E-state index in [4.69, 9.17) is 5.73 Å². The highest BCUT2D eigenvalue weighted by Gasteiger charge is 2.23. The van der Waals surface area contributed by atoms with Crippen molar-refractivity contribution in [1.29, 1.82) is 0 Å². The van der Waals surface area contributed by atoms with Crippen LogP contribution in [-0.2, 0) is 11.3 Å². The zero-order valence-electron chi connectivity index (χ0n) is 16.4. The zero-order valence-corrected chi connectivity index (χ0v) is 17.2. The van der Waals surface area contributed by atoms with Gasteiger partial charge in [0.15, 0.2) is 0 Å². The van der Waals surface area contributed by atoms with Crippen LogP contribution in [0.15, 0.2) is 24.3 Å². The molecule has 1 atom stereocenters. The first-order valence-electron chi connectivity index (χ1n) is 8.73. The number of nitrogens with two attached hydrogens (primary N) is 1. The number of nitrogens with one attached hydrogen (secondary N) is 3. The van der Waals surface area contributed by atoms with Crippen LogP contribution in [0.3, 0.4) is 0 Å². The number of urea groups is 1. The second-order valence-electron chi connectivity index (χ2n) is 7.70. The van der Waals surface area contributed by atoms with Crippen molar-refractivity contribution in [3.05, 3.63) is 35.4 Å². The second-order valence-corrected chi connectivity index (χ2v) is 7.70. The fourth-order valence-electron chi connectivity index (χ4n) is 2.24. The number of carbonyl (C=O) groups excluding carboxylic acids is 2. The lowest BCUT2D eigenvalue weighted by Crippen LogP contribution is -2.53. The molecule has 0 spiro atoms. The molecule has 148 valence electrons. The Labute approximate surface area is 163 Å². The molecule has 6 nitrogen and oxygen atoms in total. The van der Waals surface area contributed by atoms with E-state index in [1.165, 1.54) is 5.56 Å². The molecule has 0 saturated heterocycles. The summed E-state index contributed by atoms with van der Waals surface area (Å²) < 4.78 is 0. The van der Waals surface area contributed by atoms with Gasteiger partial charge < -0.3 is 21.7 Å². The Morgan fingerprint density at radius 2 is 1.69 bits per heavy atom. The standard InChI is InChI=1S/C19H32N4O2.ClH/c1-13(2)10-16(17(24)22-12-19(4,5)20)23-18(25)21-11-15-8-6-14(3)7-9-15;/h6-9,13,16H,10-12,20H2,1-5H3,(H,22,24)(H2,21,23,25);1H. The average molecular weight is 385 g/mol. The quantitative estimate of drug-likeness (QED) is 0.554. The smallest absolute Gasteiger partial charge is 0.315 e. The molecule has 0 bridgehead atoms. The van der Waals surface area contributed by atoms with Crippen LogP contribution in [0, 0.1) is 12.8 Å². The topological polar surface area (TPSA) is 96.2 Å². The predicted molar refractivity (Wildman–Crippen MR) is 108 cm³/mol. The number of aryl methyl sites for hydroxylation is 1. The van der Waals surface area contributed by atoms with Crippen LogP contribution >= 0.6 is 12.4 Å². The molecule has 0 aromatic heterocycles. The van der Waals surface area contributed by atoms with Gasteiger partial charge in [0, 0.05) is 18.6 Å². The van der Waals surface area contributed by atoms with Gasteiger partial charge >= 0.3 is 6.03 Å². The normalized spacial score (nSPS) is 12.1. The molecule has 0 heterocycles. The van der Waals surface area contributed by atoms with Crippen LogP contribution in [0.25, 0.3) is 0 Å². The van der Waals surface area contributed by atoms with Crippen LogP contribution in [0.2, 0.25) is 0 Å². The molecule has 1 aromatic rings. The number of carbonyl (C=O) groups is 2. The monoisotopic (exact) mass is 384 g/mol. The van der Waals surface area contributed by atoms with E-state index in [1.807, 2.05) is 58.9 Å². The molecule has 5 N–H and O–H groups in total. The third-order valence-corrected chi connectivity index (χ3v) is 3.62. The van der Waals surface area contributed by atoms with Crippen molar-refractivity contribution in [1.82, 2.24) is 16.0 Å². The van der Waals surface area contributed by atoms with Gasteiger partial charge in [-0.05, 0) is 38.7 Å². The van der Waals surface area contributed by atoms with Crippen LogP contribution in [0.4, 0.5) is 4.79 Å². The van der Waals surface area contributed by atoms with Crippen molar-refractivity contribution in [2.45, 2.75) is 59.2 Å². The first kappa shape index (κ1) is 24.2. The molecule has 1 rings (SSSR count). The summed E-state index contributed by atoms with van der Waals surface area (Å²) in [7, 11) is 0. The molecule has 1 aromatic carbocycles. The number of amides is 3. The van der Waals surface area contributed by atoms with E-state index in [0.29, 0.717) is 19.5 Å². The fraction of sp³-hybridized carbons (Fsp3) is 0.579.